The molecular formula is C26H36N4O5. The van der Waals surface area contributed by atoms with Gasteiger partial charge in [-0.2, -0.15) is 5.10 Å². The number of carbonyl (C=O) groups is 2. The van der Waals surface area contributed by atoms with Crippen molar-refractivity contribution in [2.24, 2.45) is 0 Å². The third-order valence-electron chi connectivity index (χ3n) is 6.45. The molecule has 0 bridgehead atoms. The summed E-state index contributed by atoms with van der Waals surface area (Å²) in [7, 11) is 1.82. The molecule has 1 aromatic heterocycles. The van der Waals surface area contributed by atoms with Crippen molar-refractivity contribution in [3.8, 4) is 0 Å². The van der Waals surface area contributed by atoms with Gasteiger partial charge in [-0.3, -0.25) is 9.48 Å². The molecular weight excluding hydrogens is 448 g/mol. The van der Waals surface area contributed by atoms with Crippen LogP contribution in [0.2, 0.25) is 0 Å². The van der Waals surface area contributed by atoms with E-state index in [9.17, 15) is 9.59 Å². The Morgan fingerprint density at radius 1 is 1.09 bits per heavy atom. The summed E-state index contributed by atoms with van der Waals surface area (Å²) in [5.41, 5.74) is 1.53. The number of ether oxygens (including phenoxy) is 3. The van der Waals surface area contributed by atoms with Gasteiger partial charge < -0.3 is 24.0 Å². The Hall–Kier alpha value is -2.91. The number of fused-ring (bicyclic) bond motifs is 1. The van der Waals surface area contributed by atoms with Crippen LogP contribution < -0.4 is 0 Å². The van der Waals surface area contributed by atoms with E-state index in [2.05, 4.69) is 5.10 Å². The van der Waals surface area contributed by atoms with Gasteiger partial charge >= 0.3 is 6.09 Å². The lowest BCUT2D eigenvalue weighted by Crippen LogP contribution is -2.44. The van der Waals surface area contributed by atoms with Crippen molar-refractivity contribution < 1.29 is 23.8 Å². The fourth-order valence-electron chi connectivity index (χ4n) is 4.17. The van der Waals surface area contributed by atoms with Crippen molar-refractivity contribution in [2.45, 2.75) is 64.4 Å². The summed E-state index contributed by atoms with van der Waals surface area (Å²) in [5, 5.41) is 4.39. The highest BCUT2D eigenvalue weighted by Crippen LogP contribution is 2.42. The zero-order valence-electron chi connectivity index (χ0n) is 21.2. The molecule has 2 heterocycles. The minimum atomic E-state index is -0.571. The standard InChI is InChI=1S/C26H36N4O5/c1-25(2,3)35-24(32)29-12-13-30-22(17-29)21(16-27-30)23(31)28(4)26(10-11-26)19-34-15-14-33-18-20-8-6-5-7-9-20/h5-9,16H,10-15,17-19H2,1-4H3. The van der Waals surface area contributed by atoms with Gasteiger partial charge in [-0.05, 0) is 39.2 Å². The van der Waals surface area contributed by atoms with Crippen LogP contribution in [0.25, 0.3) is 0 Å². The van der Waals surface area contributed by atoms with Crippen molar-refractivity contribution in [3.05, 3.63) is 53.3 Å². The third kappa shape index (κ3) is 6.21. The van der Waals surface area contributed by atoms with Crippen molar-refractivity contribution in [3.63, 3.8) is 0 Å². The SMILES string of the molecule is CN(C(=O)c1cnn2c1CN(C(=O)OC(C)(C)C)CC2)C1(COCCOCc2ccccc2)CC1. The van der Waals surface area contributed by atoms with Crippen LogP contribution in [-0.4, -0.2) is 76.1 Å². The molecule has 1 aliphatic carbocycles. The van der Waals surface area contributed by atoms with E-state index >= 15 is 0 Å². The smallest absolute Gasteiger partial charge is 0.410 e. The number of amides is 2. The van der Waals surface area contributed by atoms with Gasteiger partial charge in [0.1, 0.15) is 5.60 Å². The van der Waals surface area contributed by atoms with Gasteiger partial charge in [-0.25, -0.2) is 4.79 Å². The summed E-state index contributed by atoms with van der Waals surface area (Å²) in [6.45, 7) is 8.86. The Labute approximate surface area is 206 Å². The largest absolute Gasteiger partial charge is 0.444 e. The molecule has 190 valence electrons. The number of rotatable bonds is 9. The Kier molecular flexibility index (Phi) is 7.47. The molecule has 9 heteroatoms. The lowest BCUT2D eigenvalue weighted by atomic mass is 10.1. The number of hydrogen-bond acceptors (Lipinski definition) is 6. The van der Waals surface area contributed by atoms with E-state index < -0.39 is 5.60 Å². The average molecular weight is 485 g/mol. The van der Waals surface area contributed by atoms with E-state index in [1.165, 1.54) is 0 Å². The monoisotopic (exact) mass is 484 g/mol. The van der Waals surface area contributed by atoms with Gasteiger partial charge in [-0.15, -0.1) is 0 Å². The average Bonchev–Trinajstić information content (AvgIpc) is 3.50. The minimum absolute atomic E-state index is 0.0984. The molecule has 0 spiro atoms. The van der Waals surface area contributed by atoms with Crippen molar-refractivity contribution in [2.75, 3.05) is 33.4 Å². The summed E-state index contributed by atoms with van der Waals surface area (Å²) in [4.78, 5) is 29.4. The van der Waals surface area contributed by atoms with E-state index in [1.54, 1.807) is 16.0 Å². The molecule has 0 unspecified atom stereocenters. The van der Waals surface area contributed by atoms with Crippen LogP contribution in [0, 0.1) is 0 Å². The molecule has 0 saturated heterocycles. The highest BCUT2D eigenvalue weighted by Gasteiger charge is 2.49. The maximum Gasteiger partial charge on any atom is 0.410 e. The van der Waals surface area contributed by atoms with Gasteiger partial charge in [0.2, 0.25) is 0 Å². The quantitative estimate of drug-likeness (QED) is 0.507. The maximum atomic E-state index is 13.4. The predicted molar refractivity (Wildman–Crippen MR) is 130 cm³/mol. The van der Waals surface area contributed by atoms with Crippen LogP contribution in [0.15, 0.2) is 36.5 Å². The molecule has 2 aliphatic rings. The van der Waals surface area contributed by atoms with E-state index in [4.69, 9.17) is 14.2 Å². The summed E-state index contributed by atoms with van der Waals surface area (Å²) < 4.78 is 18.9. The topological polar surface area (TPSA) is 86.1 Å². The van der Waals surface area contributed by atoms with Crippen LogP contribution in [0.4, 0.5) is 4.79 Å². The van der Waals surface area contributed by atoms with Gasteiger partial charge in [0.15, 0.2) is 0 Å². The molecule has 2 aromatic rings. The Morgan fingerprint density at radius 3 is 2.49 bits per heavy atom. The van der Waals surface area contributed by atoms with Gasteiger partial charge in [0, 0.05) is 13.6 Å². The van der Waals surface area contributed by atoms with E-state index in [0.717, 1.165) is 24.1 Å². The zero-order chi connectivity index (χ0) is 25.1. The van der Waals surface area contributed by atoms with Gasteiger partial charge in [-0.1, -0.05) is 30.3 Å². The number of benzene rings is 1. The van der Waals surface area contributed by atoms with Crippen molar-refractivity contribution >= 4 is 12.0 Å². The molecule has 35 heavy (non-hydrogen) atoms. The second-order valence-electron chi connectivity index (χ2n) is 10.3. The lowest BCUT2D eigenvalue weighted by molar-refractivity contribution is 0.0112. The number of nitrogens with zero attached hydrogens (tertiary/aromatic N) is 4. The summed E-state index contributed by atoms with van der Waals surface area (Å²) in [6, 6.07) is 10.0. The highest BCUT2D eigenvalue weighted by molar-refractivity contribution is 5.96. The van der Waals surface area contributed by atoms with E-state index in [0.29, 0.717) is 51.6 Å². The second kappa shape index (κ2) is 10.4. The number of hydrogen-bond donors (Lipinski definition) is 0. The molecule has 4 rings (SSSR count). The summed E-state index contributed by atoms with van der Waals surface area (Å²) in [5.74, 6) is -0.0984. The number of carbonyl (C=O) groups excluding carboxylic acids is 2. The first-order valence-electron chi connectivity index (χ1n) is 12.2. The van der Waals surface area contributed by atoms with Crippen LogP contribution in [0.5, 0.6) is 0 Å². The summed E-state index contributed by atoms with van der Waals surface area (Å²) >= 11 is 0. The fourth-order valence-corrected chi connectivity index (χ4v) is 4.17. The molecule has 2 amide bonds. The third-order valence-corrected chi connectivity index (χ3v) is 6.45. The molecule has 1 fully saturated rings. The number of likely N-dealkylation sites (N-methyl/N-ethyl adjacent to an activating group) is 1. The predicted octanol–water partition coefficient (Wildman–Crippen LogP) is 3.47. The molecule has 1 aliphatic heterocycles. The van der Waals surface area contributed by atoms with Crippen LogP contribution in [-0.2, 0) is 33.9 Å². The highest BCUT2D eigenvalue weighted by atomic mass is 16.6. The first kappa shape index (κ1) is 25.2. The van der Waals surface area contributed by atoms with Crippen molar-refractivity contribution in [1.82, 2.24) is 19.6 Å². The molecule has 9 nitrogen and oxygen atoms in total. The Morgan fingerprint density at radius 2 is 1.80 bits per heavy atom. The van der Waals surface area contributed by atoms with Gasteiger partial charge in [0.25, 0.3) is 5.91 Å². The van der Waals surface area contributed by atoms with Gasteiger partial charge in [0.05, 0.1) is 62.5 Å². The van der Waals surface area contributed by atoms with Crippen LogP contribution in [0.1, 0.15) is 55.2 Å². The normalized spacial score (nSPS) is 16.5. The minimum Gasteiger partial charge on any atom is -0.444 e. The van der Waals surface area contributed by atoms with Crippen molar-refractivity contribution in [1.29, 1.82) is 0 Å². The lowest BCUT2D eigenvalue weighted by Gasteiger charge is -2.32. The zero-order valence-corrected chi connectivity index (χ0v) is 21.2. The van der Waals surface area contributed by atoms with Crippen LogP contribution >= 0.6 is 0 Å². The van der Waals surface area contributed by atoms with E-state index in [1.807, 2.05) is 62.8 Å². The first-order chi connectivity index (χ1) is 16.7. The second-order valence-corrected chi connectivity index (χ2v) is 10.3. The molecule has 0 N–H and O–H groups in total. The first-order valence-corrected chi connectivity index (χ1v) is 12.2. The van der Waals surface area contributed by atoms with E-state index in [-0.39, 0.29) is 17.5 Å². The summed E-state index contributed by atoms with van der Waals surface area (Å²) in [6.07, 6.45) is 3.03. The van der Waals surface area contributed by atoms with Crippen LogP contribution in [0.3, 0.4) is 0 Å². The maximum absolute atomic E-state index is 13.4. The molecule has 1 saturated carbocycles. The molecule has 0 atom stereocenters. The Bertz CT molecular complexity index is 1030. The molecule has 1 aromatic carbocycles. The number of aromatic nitrogens is 2. The Balaban J connectivity index is 1.29. The molecule has 0 radical (unpaired) electrons. The fraction of sp³-hybridized carbons (Fsp3) is 0.577.